The molecule has 1 heterocycles. The maximum absolute atomic E-state index is 5.81. The van der Waals surface area contributed by atoms with Crippen LogP contribution >= 0.6 is 0 Å². The summed E-state index contributed by atoms with van der Waals surface area (Å²) in [5, 5.41) is 7.76. The van der Waals surface area contributed by atoms with Crippen LogP contribution in [-0.4, -0.2) is 23.4 Å². The first kappa shape index (κ1) is 9.45. The number of fused-ring (bicyclic) bond motifs is 1. The van der Waals surface area contributed by atoms with Gasteiger partial charge in [-0.05, 0) is 41.7 Å². The van der Waals surface area contributed by atoms with Gasteiger partial charge in [0, 0.05) is 13.1 Å². The van der Waals surface area contributed by atoms with Gasteiger partial charge >= 0.3 is 0 Å². The van der Waals surface area contributed by atoms with E-state index in [-0.39, 0.29) is 0 Å². The van der Waals surface area contributed by atoms with Crippen molar-refractivity contribution < 1.29 is 4.63 Å². The summed E-state index contributed by atoms with van der Waals surface area (Å²) in [7, 11) is 2.09. The zero-order chi connectivity index (χ0) is 11.1. The Labute approximate surface area is 93.2 Å². The molecule has 2 N–H and O–H groups in total. The van der Waals surface area contributed by atoms with Crippen molar-refractivity contribution in [2.24, 2.45) is 0 Å². The summed E-state index contributed by atoms with van der Waals surface area (Å²) in [6.45, 7) is 0. The van der Waals surface area contributed by atoms with Gasteiger partial charge in [-0.2, -0.15) is 0 Å². The Morgan fingerprint density at radius 2 is 2.06 bits per heavy atom. The molecule has 1 aliphatic carbocycles. The van der Waals surface area contributed by atoms with Crippen molar-refractivity contribution in [3.05, 3.63) is 12.1 Å². The van der Waals surface area contributed by atoms with E-state index in [0.717, 1.165) is 11.2 Å². The van der Waals surface area contributed by atoms with Crippen LogP contribution < -0.4 is 10.6 Å². The number of nitrogens with two attached hydrogens (primary N) is 1. The SMILES string of the molecule is CN(c1ccc(N)c2nonc12)C1CCC1. The molecule has 5 nitrogen and oxygen atoms in total. The van der Waals surface area contributed by atoms with E-state index in [1.165, 1.54) is 19.3 Å². The minimum atomic E-state index is 0.613. The van der Waals surface area contributed by atoms with Crippen LogP contribution in [0.3, 0.4) is 0 Å². The van der Waals surface area contributed by atoms with Gasteiger partial charge < -0.3 is 10.6 Å². The minimum absolute atomic E-state index is 0.613. The predicted molar refractivity (Wildman–Crippen MR) is 62.3 cm³/mol. The molecule has 1 aliphatic rings. The number of benzene rings is 1. The van der Waals surface area contributed by atoms with Crippen LogP contribution in [0, 0.1) is 0 Å². The van der Waals surface area contributed by atoms with Crippen molar-refractivity contribution in [1.82, 2.24) is 10.3 Å². The summed E-state index contributed by atoms with van der Waals surface area (Å²) < 4.78 is 4.76. The Balaban J connectivity index is 2.08. The van der Waals surface area contributed by atoms with Gasteiger partial charge in [-0.3, -0.25) is 0 Å². The molecule has 0 atom stereocenters. The Hall–Kier alpha value is -1.78. The van der Waals surface area contributed by atoms with E-state index in [4.69, 9.17) is 10.4 Å². The van der Waals surface area contributed by atoms with Gasteiger partial charge in [0.25, 0.3) is 0 Å². The molecular weight excluding hydrogens is 204 g/mol. The second-order valence-electron chi connectivity index (χ2n) is 4.33. The lowest BCUT2D eigenvalue weighted by atomic mass is 9.91. The van der Waals surface area contributed by atoms with Crippen LogP contribution in [0.2, 0.25) is 0 Å². The topological polar surface area (TPSA) is 68.2 Å². The average Bonchev–Trinajstić information content (AvgIpc) is 2.64. The third-order valence-corrected chi connectivity index (χ3v) is 3.43. The van der Waals surface area contributed by atoms with Crippen molar-refractivity contribution in [2.75, 3.05) is 17.7 Å². The van der Waals surface area contributed by atoms with E-state index in [2.05, 4.69) is 22.3 Å². The fourth-order valence-electron chi connectivity index (χ4n) is 2.13. The number of aromatic nitrogens is 2. The molecule has 16 heavy (non-hydrogen) atoms. The van der Waals surface area contributed by atoms with Crippen LogP contribution in [0.4, 0.5) is 11.4 Å². The molecule has 1 aromatic heterocycles. The zero-order valence-corrected chi connectivity index (χ0v) is 9.18. The van der Waals surface area contributed by atoms with Crippen LogP contribution in [0.1, 0.15) is 19.3 Å². The Morgan fingerprint density at radius 1 is 1.31 bits per heavy atom. The summed E-state index contributed by atoms with van der Waals surface area (Å²) in [6.07, 6.45) is 3.80. The molecule has 1 fully saturated rings. The zero-order valence-electron chi connectivity index (χ0n) is 9.18. The first-order chi connectivity index (χ1) is 7.77. The fraction of sp³-hybridized carbons (Fsp3) is 0.455. The maximum Gasteiger partial charge on any atom is 0.160 e. The fourth-order valence-corrected chi connectivity index (χ4v) is 2.13. The van der Waals surface area contributed by atoms with E-state index in [0.29, 0.717) is 17.2 Å². The summed E-state index contributed by atoms with van der Waals surface area (Å²) in [4.78, 5) is 2.25. The molecule has 0 bridgehead atoms. The van der Waals surface area contributed by atoms with Crippen LogP contribution in [-0.2, 0) is 0 Å². The molecule has 1 aromatic carbocycles. The third kappa shape index (κ3) is 1.24. The molecule has 0 unspecified atom stereocenters. The number of hydrogen-bond donors (Lipinski definition) is 1. The van der Waals surface area contributed by atoms with E-state index in [1.54, 1.807) is 0 Å². The maximum atomic E-state index is 5.81. The third-order valence-electron chi connectivity index (χ3n) is 3.43. The normalized spacial score (nSPS) is 16.3. The van der Waals surface area contributed by atoms with Crippen LogP contribution in [0.15, 0.2) is 16.8 Å². The van der Waals surface area contributed by atoms with Crippen molar-refractivity contribution in [3.8, 4) is 0 Å². The monoisotopic (exact) mass is 218 g/mol. The van der Waals surface area contributed by atoms with Gasteiger partial charge in [0.2, 0.25) is 0 Å². The summed E-state index contributed by atoms with van der Waals surface area (Å²) >= 11 is 0. The first-order valence-corrected chi connectivity index (χ1v) is 5.51. The number of nitrogen functional groups attached to an aromatic ring is 1. The molecule has 0 amide bonds. The summed E-state index contributed by atoms with van der Waals surface area (Å²) in [6, 6.07) is 4.46. The molecule has 84 valence electrons. The molecular formula is C11H14N4O. The first-order valence-electron chi connectivity index (χ1n) is 5.51. The van der Waals surface area contributed by atoms with E-state index in [1.807, 2.05) is 12.1 Å². The Bertz CT molecular complexity index is 518. The second-order valence-corrected chi connectivity index (χ2v) is 4.33. The van der Waals surface area contributed by atoms with Crippen molar-refractivity contribution in [1.29, 1.82) is 0 Å². The Morgan fingerprint density at radius 3 is 2.75 bits per heavy atom. The molecule has 1 saturated carbocycles. The highest BCUT2D eigenvalue weighted by Gasteiger charge is 2.24. The highest BCUT2D eigenvalue weighted by atomic mass is 16.6. The molecule has 0 spiro atoms. The van der Waals surface area contributed by atoms with Gasteiger partial charge in [0.1, 0.15) is 0 Å². The largest absolute Gasteiger partial charge is 0.397 e. The van der Waals surface area contributed by atoms with Gasteiger partial charge in [-0.1, -0.05) is 0 Å². The standard InChI is InChI=1S/C11H14N4O/c1-15(7-3-2-4-7)9-6-5-8(12)10-11(9)14-16-13-10/h5-7H,2-4,12H2,1H3. The van der Waals surface area contributed by atoms with Gasteiger partial charge in [0.15, 0.2) is 11.0 Å². The molecule has 3 rings (SSSR count). The molecule has 5 heteroatoms. The van der Waals surface area contributed by atoms with Gasteiger partial charge in [0.05, 0.1) is 11.4 Å². The van der Waals surface area contributed by atoms with Crippen LogP contribution in [0.25, 0.3) is 11.0 Å². The molecule has 0 saturated heterocycles. The minimum Gasteiger partial charge on any atom is -0.397 e. The quantitative estimate of drug-likeness (QED) is 0.778. The lowest BCUT2D eigenvalue weighted by molar-refractivity contribution is 0.315. The highest BCUT2D eigenvalue weighted by molar-refractivity contribution is 5.95. The highest BCUT2D eigenvalue weighted by Crippen LogP contribution is 2.33. The van der Waals surface area contributed by atoms with Gasteiger partial charge in [-0.25, -0.2) is 4.63 Å². The number of nitrogens with zero attached hydrogens (tertiary/aromatic N) is 3. The molecule has 0 aliphatic heterocycles. The second kappa shape index (κ2) is 3.37. The molecule has 0 radical (unpaired) electrons. The lowest BCUT2D eigenvalue weighted by Crippen LogP contribution is -2.37. The van der Waals surface area contributed by atoms with E-state index in [9.17, 15) is 0 Å². The number of hydrogen-bond acceptors (Lipinski definition) is 5. The molecule has 2 aromatic rings. The van der Waals surface area contributed by atoms with E-state index < -0.39 is 0 Å². The Kier molecular flexibility index (Phi) is 1.99. The van der Waals surface area contributed by atoms with Gasteiger partial charge in [-0.15, -0.1) is 0 Å². The van der Waals surface area contributed by atoms with E-state index >= 15 is 0 Å². The average molecular weight is 218 g/mol. The summed E-state index contributed by atoms with van der Waals surface area (Å²) in [5.41, 5.74) is 8.89. The lowest BCUT2D eigenvalue weighted by Gasteiger charge is -2.36. The van der Waals surface area contributed by atoms with Crippen molar-refractivity contribution >= 4 is 22.4 Å². The van der Waals surface area contributed by atoms with Crippen molar-refractivity contribution in [3.63, 3.8) is 0 Å². The number of anilines is 2. The smallest absolute Gasteiger partial charge is 0.160 e. The van der Waals surface area contributed by atoms with Crippen LogP contribution in [0.5, 0.6) is 0 Å². The van der Waals surface area contributed by atoms with Crippen molar-refractivity contribution in [2.45, 2.75) is 25.3 Å². The summed E-state index contributed by atoms with van der Waals surface area (Å²) in [5.74, 6) is 0. The number of rotatable bonds is 2. The predicted octanol–water partition coefficient (Wildman–Crippen LogP) is 1.79.